The van der Waals surface area contributed by atoms with Gasteiger partial charge in [-0.25, -0.2) is 4.98 Å². The molecule has 19 heavy (non-hydrogen) atoms. The number of aromatic nitrogens is 1. The molecular formula is C14H20N2O3. The van der Waals surface area contributed by atoms with Gasteiger partial charge in [0, 0.05) is 19.2 Å². The molecule has 1 N–H and O–H groups in total. The van der Waals surface area contributed by atoms with E-state index in [4.69, 9.17) is 5.11 Å². The van der Waals surface area contributed by atoms with E-state index in [1.807, 2.05) is 19.9 Å². The SMILES string of the molecule is CCCC(=O)N(CC(C)C(=O)O)c1cc(C)ccn1. The molecule has 0 fully saturated rings. The number of carboxylic acid groups (broad SMARTS) is 1. The number of pyridine rings is 1. The lowest BCUT2D eigenvalue weighted by Gasteiger charge is -2.23. The van der Waals surface area contributed by atoms with Crippen molar-refractivity contribution >= 4 is 17.7 Å². The Morgan fingerprint density at radius 3 is 2.68 bits per heavy atom. The molecule has 1 aromatic rings. The Balaban J connectivity index is 2.98. The summed E-state index contributed by atoms with van der Waals surface area (Å²) in [6, 6.07) is 3.63. The van der Waals surface area contributed by atoms with Gasteiger partial charge in [0.05, 0.1) is 5.92 Å². The standard InChI is InChI=1S/C14H20N2O3/c1-4-5-13(17)16(9-11(3)14(18)19)12-8-10(2)6-7-15-12/h6-8,11H,4-5,9H2,1-3H3,(H,18,19). The quantitative estimate of drug-likeness (QED) is 0.855. The molecule has 5 nitrogen and oxygen atoms in total. The number of carbonyl (C=O) groups excluding carboxylic acids is 1. The van der Waals surface area contributed by atoms with Crippen molar-refractivity contribution in [3.63, 3.8) is 0 Å². The van der Waals surface area contributed by atoms with Gasteiger partial charge in [-0.15, -0.1) is 0 Å². The molecule has 0 aromatic carbocycles. The minimum Gasteiger partial charge on any atom is -0.481 e. The van der Waals surface area contributed by atoms with E-state index in [1.165, 1.54) is 4.90 Å². The molecule has 0 saturated heterocycles. The maximum absolute atomic E-state index is 12.1. The molecule has 1 heterocycles. The van der Waals surface area contributed by atoms with Gasteiger partial charge in [-0.05, 0) is 31.0 Å². The predicted molar refractivity (Wildman–Crippen MR) is 73.0 cm³/mol. The molecule has 0 aliphatic heterocycles. The van der Waals surface area contributed by atoms with E-state index in [-0.39, 0.29) is 12.5 Å². The highest BCUT2D eigenvalue weighted by atomic mass is 16.4. The van der Waals surface area contributed by atoms with Gasteiger partial charge >= 0.3 is 5.97 Å². The zero-order valence-corrected chi connectivity index (χ0v) is 11.6. The van der Waals surface area contributed by atoms with Gasteiger partial charge in [-0.3, -0.25) is 14.5 Å². The van der Waals surface area contributed by atoms with Gasteiger partial charge in [0.1, 0.15) is 5.82 Å². The number of nitrogens with zero attached hydrogens (tertiary/aromatic N) is 2. The fraction of sp³-hybridized carbons (Fsp3) is 0.500. The van der Waals surface area contributed by atoms with E-state index in [0.29, 0.717) is 12.2 Å². The molecule has 1 aromatic heterocycles. The van der Waals surface area contributed by atoms with Crippen LogP contribution in [0.15, 0.2) is 18.3 Å². The molecule has 5 heteroatoms. The smallest absolute Gasteiger partial charge is 0.308 e. The zero-order valence-electron chi connectivity index (χ0n) is 11.6. The highest BCUT2D eigenvalue weighted by molar-refractivity contribution is 5.93. The average Bonchev–Trinajstić information content (AvgIpc) is 2.35. The summed E-state index contributed by atoms with van der Waals surface area (Å²) >= 11 is 0. The van der Waals surface area contributed by atoms with Gasteiger partial charge < -0.3 is 5.11 Å². The second-order valence-corrected chi connectivity index (χ2v) is 4.69. The lowest BCUT2D eigenvalue weighted by Crippen LogP contribution is -2.37. The van der Waals surface area contributed by atoms with Crippen LogP contribution in [-0.2, 0) is 9.59 Å². The molecule has 0 aliphatic rings. The zero-order chi connectivity index (χ0) is 14.4. The lowest BCUT2D eigenvalue weighted by molar-refractivity contribution is -0.140. The summed E-state index contributed by atoms with van der Waals surface area (Å²) in [5.41, 5.74) is 0.988. The van der Waals surface area contributed by atoms with Gasteiger partial charge in [-0.1, -0.05) is 13.8 Å². The summed E-state index contributed by atoms with van der Waals surface area (Å²) in [7, 11) is 0. The van der Waals surface area contributed by atoms with E-state index in [9.17, 15) is 9.59 Å². The van der Waals surface area contributed by atoms with Gasteiger partial charge in [-0.2, -0.15) is 0 Å². The summed E-state index contributed by atoms with van der Waals surface area (Å²) < 4.78 is 0. The number of hydrogen-bond acceptors (Lipinski definition) is 3. The van der Waals surface area contributed by atoms with Crippen LogP contribution in [0.25, 0.3) is 0 Å². The van der Waals surface area contributed by atoms with E-state index in [1.54, 1.807) is 19.2 Å². The first kappa shape index (κ1) is 15.1. The first-order valence-corrected chi connectivity index (χ1v) is 6.41. The van der Waals surface area contributed by atoms with Crippen LogP contribution < -0.4 is 4.90 Å². The molecule has 1 unspecified atom stereocenters. The van der Waals surface area contributed by atoms with Crippen molar-refractivity contribution in [1.82, 2.24) is 4.98 Å². The Hall–Kier alpha value is -1.91. The number of aryl methyl sites for hydroxylation is 1. The van der Waals surface area contributed by atoms with Crippen LogP contribution in [0.5, 0.6) is 0 Å². The van der Waals surface area contributed by atoms with Crippen LogP contribution in [0, 0.1) is 12.8 Å². The van der Waals surface area contributed by atoms with Crippen molar-refractivity contribution in [1.29, 1.82) is 0 Å². The maximum atomic E-state index is 12.1. The Morgan fingerprint density at radius 2 is 2.16 bits per heavy atom. The van der Waals surface area contributed by atoms with Crippen molar-refractivity contribution in [2.75, 3.05) is 11.4 Å². The minimum atomic E-state index is -0.915. The third-order valence-electron chi connectivity index (χ3n) is 2.82. The molecule has 1 atom stereocenters. The lowest BCUT2D eigenvalue weighted by atomic mass is 10.1. The fourth-order valence-corrected chi connectivity index (χ4v) is 1.69. The number of carboxylic acids is 1. The van der Waals surface area contributed by atoms with Gasteiger partial charge in [0.25, 0.3) is 0 Å². The molecule has 1 rings (SSSR count). The third-order valence-corrected chi connectivity index (χ3v) is 2.82. The Morgan fingerprint density at radius 1 is 1.47 bits per heavy atom. The number of amides is 1. The summed E-state index contributed by atoms with van der Waals surface area (Å²) in [6.45, 7) is 5.56. The van der Waals surface area contributed by atoms with Gasteiger partial charge in [0.15, 0.2) is 0 Å². The van der Waals surface area contributed by atoms with Crippen LogP contribution in [0.2, 0.25) is 0 Å². The maximum Gasteiger partial charge on any atom is 0.308 e. The minimum absolute atomic E-state index is 0.0892. The van der Waals surface area contributed by atoms with E-state index in [0.717, 1.165) is 12.0 Å². The third kappa shape index (κ3) is 4.35. The Bertz CT molecular complexity index is 460. The average molecular weight is 264 g/mol. The monoisotopic (exact) mass is 264 g/mol. The molecule has 0 radical (unpaired) electrons. The van der Waals surface area contributed by atoms with Crippen molar-refractivity contribution < 1.29 is 14.7 Å². The molecular weight excluding hydrogens is 244 g/mol. The molecule has 0 spiro atoms. The molecule has 0 bridgehead atoms. The van der Waals surface area contributed by atoms with Crippen molar-refractivity contribution in [3.8, 4) is 0 Å². The number of anilines is 1. The molecule has 104 valence electrons. The highest BCUT2D eigenvalue weighted by Gasteiger charge is 2.22. The van der Waals surface area contributed by atoms with Crippen LogP contribution in [0.3, 0.4) is 0 Å². The first-order chi connectivity index (χ1) is 8.95. The summed E-state index contributed by atoms with van der Waals surface area (Å²) in [5.74, 6) is -1.11. The van der Waals surface area contributed by atoms with Crippen molar-refractivity contribution in [3.05, 3.63) is 23.9 Å². The largest absolute Gasteiger partial charge is 0.481 e. The summed E-state index contributed by atoms with van der Waals surface area (Å²) in [5, 5.41) is 8.99. The number of carbonyl (C=O) groups is 2. The summed E-state index contributed by atoms with van der Waals surface area (Å²) in [4.78, 5) is 28.7. The molecule has 0 aliphatic carbocycles. The van der Waals surface area contributed by atoms with E-state index in [2.05, 4.69) is 4.98 Å². The number of rotatable bonds is 6. The Kier molecular flexibility index (Phi) is 5.48. The first-order valence-electron chi connectivity index (χ1n) is 6.41. The van der Waals surface area contributed by atoms with Crippen LogP contribution in [0.4, 0.5) is 5.82 Å². The normalized spacial score (nSPS) is 11.9. The second kappa shape index (κ2) is 6.87. The van der Waals surface area contributed by atoms with Crippen molar-refractivity contribution in [2.45, 2.75) is 33.6 Å². The van der Waals surface area contributed by atoms with Crippen molar-refractivity contribution in [2.24, 2.45) is 5.92 Å². The topological polar surface area (TPSA) is 70.5 Å². The number of hydrogen-bond donors (Lipinski definition) is 1. The summed E-state index contributed by atoms with van der Waals surface area (Å²) in [6.07, 6.45) is 2.74. The van der Waals surface area contributed by atoms with E-state index >= 15 is 0 Å². The van der Waals surface area contributed by atoms with E-state index < -0.39 is 11.9 Å². The Labute approximate surface area is 113 Å². The highest BCUT2D eigenvalue weighted by Crippen LogP contribution is 2.16. The molecule has 0 saturated carbocycles. The van der Waals surface area contributed by atoms with Crippen LogP contribution in [-0.4, -0.2) is 28.5 Å². The number of aliphatic carboxylic acids is 1. The fourth-order valence-electron chi connectivity index (χ4n) is 1.69. The second-order valence-electron chi connectivity index (χ2n) is 4.69. The predicted octanol–water partition coefficient (Wildman–Crippen LogP) is 2.24. The van der Waals surface area contributed by atoms with Crippen LogP contribution >= 0.6 is 0 Å². The van der Waals surface area contributed by atoms with Crippen LogP contribution in [0.1, 0.15) is 32.3 Å². The van der Waals surface area contributed by atoms with Gasteiger partial charge in [0.2, 0.25) is 5.91 Å². The molecule has 1 amide bonds.